The lowest BCUT2D eigenvalue weighted by Gasteiger charge is -2.25. The molecule has 9 heteroatoms. The minimum absolute atomic E-state index is 0.0571. The zero-order valence-corrected chi connectivity index (χ0v) is 49.3. The van der Waals surface area contributed by atoms with Gasteiger partial charge in [0.2, 0.25) is 5.91 Å². The van der Waals surface area contributed by atoms with Crippen LogP contribution in [-0.4, -0.2) is 73.4 Å². The van der Waals surface area contributed by atoms with E-state index in [1.807, 2.05) is 27.2 Å². The number of quaternary nitrogens is 1. The number of unbranched alkanes of at least 4 members (excludes halogenated alkanes) is 38. The average molecular weight is 1030 g/mol. The molecular formula is C63H122N2O6P+. The molecule has 0 aliphatic heterocycles. The molecule has 8 nitrogen and oxygen atoms in total. The van der Waals surface area contributed by atoms with Crippen molar-refractivity contribution in [2.45, 2.75) is 309 Å². The number of carbonyl (C=O) groups excluding carboxylic acids is 1. The third kappa shape index (κ3) is 56.2. The molecule has 0 bridgehead atoms. The minimum atomic E-state index is -4.35. The third-order valence-electron chi connectivity index (χ3n) is 14.0. The summed E-state index contributed by atoms with van der Waals surface area (Å²) < 4.78 is 23.7. The zero-order valence-electron chi connectivity index (χ0n) is 48.4. The molecule has 0 heterocycles. The summed E-state index contributed by atoms with van der Waals surface area (Å²) in [6.07, 6.45) is 72.4. The Morgan fingerprint density at radius 1 is 0.472 bits per heavy atom. The van der Waals surface area contributed by atoms with Crippen LogP contribution in [-0.2, 0) is 18.4 Å². The lowest BCUT2D eigenvalue weighted by Crippen LogP contribution is -2.45. The van der Waals surface area contributed by atoms with E-state index in [1.165, 1.54) is 231 Å². The highest BCUT2D eigenvalue weighted by atomic mass is 31.2. The summed E-state index contributed by atoms with van der Waals surface area (Å²) in [6.45, 7) is 4.81. The number of hydrogen-bond donors (Lipinski definition) is 3. The number of rotatable bonds is 57. The molecule has 3 unspecified atom stereocenters. The van der Waals surface area contributed by atoms with Crippen LogP contribution in [0.3, 0.4) is 0 Å². The van der Waals surface area contributed by atoms with Crippen molar-refractivity contribution in [2.75, 3.05) is 40.9 Å². The Morgan fingerprint density at radius 3 is 1.19 bits per heavy atom. The van der Waals surface area contributed by atoms with Gasteiger partial charge in [-0.2, -0.15) is 0 Å². The number of nitrogens with one attached hydrogen (secondary N) is 1. The van der Waals surface area contributed by atoms with E-state index >= 15 is 0 Å². The fourth-order valence-corrected chi connectivity index (χ4v) is 9.89. The van der Waals surface area contributed by atoms with Gasteiger partial charge in [-0.15, -0.1) is 0 Å². The smallest absolute Gasteiger partial charge is 0.387 e. The molecule has 3 N–H and O–H groups in total. The molecule has 3 atom stereocenters. The minimum Gasteiger partial charge on any atom is -0.387 e. The van der Waals surface area contributed by atoms with E-state index in [0.717, 1.165) is 44.9 Å². The molecule has 1 amide bonds. The Labute approximate surface area is 448 Å². The standard InChI is InChI=1S/C63H121N2O6P/c1-6-8-10-12-14-16-18-20-22-23-24-25-26-27-28-29-30-31-32-33-34-35-36-37-38-39-40-41-43-45-47-49-51-53-55-57-63(67)64-61(60-71-72(68,69)70-59-58-65(3,4)5)62(66)56-54-52-50-48-46-44-42-21-19-17-15-13-11-9-7-2/h18,20,23-24,46,48,54,56,61-62,66H,6-17,19,21-22,25-45,47,49-53,55,57-60H2,1-5H3,(H-,64,67,68,69)/p+1/b20-18-,24-23-,48-46+,56-54+. The fourth-order valence-electron chi connectivity index (χ4n) is 9.15. The Bertz CT molecular complexity index is 1310. The highest BCUT2D eigenvalue weighted by Gasteiger charge is 2.27. The van der Waals surface area contributed by atoms with E-state index in [9.17, 15) is 19.4 Å². The van der Waals surface area contributed by atoms with Crippen LogP contribution in [0.2, 0.25) is 0 Å². The summed E-state index contributed by atoms with van der Waals surface area (Å²) >= 11 is 0. The largest absolute Gasteiger partial charge is 0.472 e. The third-order valence-corrected chi connectivity index (χ3v) is 15.0. The molecular weight excluding hydrogens is 912 g/mol. The first-order chi connectivity index (χ1) is 35.0. The van der Waals surface area contributed by atoms with E-state index in [4.69, 9.17) is 9.05 Å². The van der Waals surface area contributed by atoms with Crippen LogP contribution in [0.5, 0.6) is 0 Å². The van der Waals surface area contributed by atoms with Crippen LogP contribution >= 0.6 is 7.82 Å². The summed E-state index contributed by atoms with van der Waals surface area (Å²) in [4.78, 5) is 23.3. The maximum atomic E-state index is 13.0. The van der Waals surface area contributed by atoms with Crippen molar-refractivity contribution in [3.63, 3.8) is 0 Å². The first-order valence-corrected chi connectivity index (χ1v) is 32.5. The van der Waals surface area contributed by atoms with Gasteiger partial charge in [0.05, 0.1) is 39.9 Å². The average Bonchev–Trinajstić information content (AvgIpc) is 3.34. The second-order valence-corrected chi connectivity index (χ2v) is 23.9. The molecule has 0 saturated heterocycles. The lowest BCUT2D eigenvalue weighted by molar-refractivity contribution is -0.870. The predicted octanol–water partition coefficient (Wildman–Crippen LogP) is 19.1. The van der Waals surface area contributed by atoms with Gasteiger partial charge in [0.25, 0.3) is 0 Å². The van der Waals surface area contributed by atoms with Crippen molar-refractivity contribution in [1.82, 2.24) is 5.32 Å². The summed E-state index contributed by atoms with van der Waals surface area (Å²) in [5, 5.41) is 13.9. The van der Waals surface area contributed by atoms with E-state index in [-0.39, 0.29) is 19.1 Å². The number of amides is 1. The van der Waals surface area contributed by atoms with Crippen LogP contribution in [0.25, 0.3) is 0 Å². The summed E-state index contributed by atoms with van der Waals surface area (Å²) in [5.74, 6) is -0.183. The zero-order chi connectivity index (χ0) is 52.7. The van der Waals surface area contributed by atoms with Gasteiger partial charge in [-0.25, -0.2) is 4.57 Å². The molecule has 424 valence electrons. The Balaban J connectivity index is 3.99. The number of aliphatic hydroxyl groups is 1. The molecule has 0 rings (SSSR count). The SMILES string of the molecule is CCCCCCC/C=C\C/C=C\CCCCCCCCCCCCCCCCCCCCCCCCCC(=O)NC(COP(=O)(O)OCC[N+](C)(C)C)C(O)/C=C/CC/C=C/CCCCCCCCCCC. The van der Waals surface area contributed by atoms with Gasteiger partial charge in [-0.1, -0.05) is 274 Å². The number of phosphoric ester groups is 1. The predicted molar refractivity (Wildman–Crippen MR) is 314 cm³/mol. The molecule has 0 spiro atoms. The van der Waals surface area contributed by atoms with E-state index in [1.54, 1.807) is 6.08 Å². The van der Waals surface area contributed by atoms with Gasteiger partial charge in [-0.05, 0) is 64.2 Å². The molecule has 0 radical (unpaired) electrons. The number of likely N-dealkylation sites (N-methyl/N-ethyl adjacent to an activating group) is 1. The normalized spacial score (nSPS) is 14.2. The second kappa shape index (κ2) is 54.3. The van der Waals surface area contributed by atoms with E-state index in [2.05, 4.69) is 55.6 Å². The van der Waals surface area contributed by atoms with Gasteiger partial charge >= 0.3 is 7.82 Å². The summed E-state index contributed by atoms with van der Waals surface area (Å²) in [7, 11) is 1.56. The van der Waals surface area contributed by atoms with Gasteiger partial charge in [0, 0.05) is 6.42 Å². The molecule has 0 fully saturated rings. The van der Waals surface area contributed by atoms with Crippen LogP contribution in [0, 0.1) is 0 Å². The van der Waals surface area contributed by atoms with Crippen LogP contribution in [0.1, 0.15) is 296 Å². The van der Waals surface area contributed by atoms with E-state index < -0.39 is 20.0 Å². The molecule has 0 saturated carbocycles. The van der Waals surface area contributed by atoms with Crippen molar-refractivity contribution >= 4 is 13.7 Å². The maximum Gasteiger partial charge on any atom is 0.472 e. The molecule has 0 aromatic rings. The van der Waals surface area contributed by atoms with Crippen LogP contribution < -0.4 is 5.32 Å². The van der Waals surface area contributed by atoms with Crippen molar-refractivity contribution in [2.24, 2.45) is 0 Å². The monoisotopic (exact) mass is 1030 g/mol. The number of hydrogen-bond acceptors (Lipinski definition) is 5. The van der Waals surface area contributed by atoms with Gasteiger partial charge < -0.3 is 19.8 Å². The second-order valence-electron chi connectivity index (χ2n) is 22.4. The van der Waals surface area contributed by atoms with Crippen LogP contribution in [0.15, 0.2) is 48.6 Å². The van der Waals surface area contributed by atoms with Gasteiger partial charge in [0.15, 0.2) is 0 Å². The first kappa shape index (κ1) is 70.5. The molecule has 0 aliphatic rings. The topological polar surface area (TPSA) is 105 Å². The van der Waals surface area contributed by atoms with Crippen molar-refractivity contribution in [1.29, 1.82) is 0 Å². The number of nitrogens with zero attached hydrogens (tertiary/aromatic N) is 1. The van der Waals surface area contributed by atoms with Crippen molar-refractivity contribution < 1.29 is 32.9 Å². The van der Waals surface area contributed by atoms with Gasteiger partial charge in [0.1, 0.15) is 13.2 Å². The quantitative estimate of drug-likeness (QED) is 0.0243. The van der Waals surface area contributed by atoms with Crippen LogP contribution in [0.4, 0.5) is 0 Å². The molecule has 72 heavy (non-hydrogen) atoms. The lowest BCUT2D eigenvalue weighted by atomic mass is 10.0. The first-order valence-electron chi connectivity index (χ1n) is 31.0. The maximum absolute atomic E-state index is 13.0. The fraction of sp³-hybridized carbons (Fsp3) is 0.857. The number of allylic oxidation sites excluding steroid dienone is 7. The van der Waals surface area contributed by atoms with Crippen molar-refractivity contribution in [3.05, 3.63) is 48.6 Å². The number of phosphoric acid groups is 1. The summed E-state index contributed by atoms with van der Waals surface area (Å²) in [5.41, 5.74) is 0. The van der Waals surface area contributed by atoms with Crippen molar-refractivity contribution in [3.8, 4) is 0 Å². The number of aliphatic hydroxyl groups excluding tert-OH is 1. The molecule has 0 aromatic heterocycles. The Morgan fingerprint density at radius 2 is 0.806 bits per heavy atom. The summed E-state index contributed by atoms with van der Waals surface area (Å²) in [6, 6.07) is -0.862. The van der Waals surface area contributed by atoms with Gasteiger partial charge in [-0.3, -0.25) is 13.8 Å². The Hall–Kier alpha value is -1.54. The number of carbonyl (C=O) groups is 1. The highest BCUT2D eigenvalue weighted by molar-refractivity contribution is 7.47. The molecule has 0 aromatic carbocycles. The highest BCUT2D eigenvalue weighted by Crippen LogP contribution is 2.43. The van der Waals surface area contributed by atoms with E-state index in [0.29, 0.717) is 17.4 Å². The Kier molecular flexibility index (Phi) is 53.1. The molecule has 0 aliphatic carbocycles.